The summed E-state index contributed by atoms with van der Waals surface area (Å²) in [6.07, 6.45) is 3.26. The molecule has 0 radical (unpaired) electrons. The Hall–Kier alpha value is -0.360. The summed E-state index contributed by atoms with van der Waals surface area (Å²) in [5.41, 5.74) is -0.396. The summed E-state index contributed by atoms with van der Waals surface area (Å²) in [6, 6.07) is 2.25. The van der Waals surface area contributed by atoms with Crippen LogP contribution in [0, 0.1) is 22.2 Å². The van der Waals surface area contributed by atoms with Crippen molar-refractivity contribution in [2.45, 2.75) is 43.9 Å². The summed E-state index contributed by atoms with van der Waals surface area (Å²) in [4.78, 5) is 12.1. The number of carbonyl (C=O) groups is 1. The van der Waals surface area contributed by atoms with E-state index in [1.807, 2.05) is 13.8 Å². The number of ketones is 1. The van der Waals surface area contributed by atoms with Crippen molar-refractivity contribution in [1.82, 2.24) is 0 Å². The zero-order chi connectivity index (χ0) is 10.6. The zero-order valence-electron chi connectivity index (χ0n) is 8.56. The van der Waals surface area contributed by atoms with Gasteiger partial charge < -0.3 is 0 Å². The molecule has 0 saturated heterocycles. The Labute approximate surface area is 92.8 Å². The van der Waals surface area contributed by atoms with E-state index >= 15 is 0 Å². The zero-order valence-corrected chi connectivity index (χ0v) is 10.1. The number of rotatable bonds is 1. The fourth-order valence-corrected chi connectivity index (χ4v) is 4.43. The van der Waals surface area contributed by atoms with Gasteiger partial charge in [-0.1, -0.05) is 29.8 Å². The fourth-order valence-electron chi connectivity index (χ4n) is 3.20. The Morgan fingerprint density at radius 3 is 2.57 bits per heavy atom. The van der Waals surface area contributed by atoms with Gasteiger partial charge in [-0.15, -0.1) is 0 Å². The van der Waals surface area contributed by atoms with Crippen LogP contribution in [0.1, 0.15) is 39.5 Å². The molecule has 2 atom stereocenters. The molecule has 0 aromatic carbocycles. The van der Waals surface area contributed by atoms with Crippen molar-refractivity contribution >= 4 is 21.7 Å². The SMILES string of the molecule is CC1(C)C(=O)C2(Br)CCC1(CC#N)C2. The van der Waals surface area contributed by atoms with Crippen LogP contribution >= 0.6 is 15.9 Å². The minimum atomic E-state index is -0.329. The number of carbonyl (C=O) groups excluding carboxylic acids is 1. The Morgan fingerprint density at radius 2 is 2.14 bits per heavy atom. The predicted octanol–water partition coefficient (Wildman–Crippen LogP) is 2.81. The number of nitriles is 1. The lowest BCUT2D eigenvalue weighted by Crippen LogP contribution is -2.42. The molecule has 3 heteroatoms. The molecule has 0 heterocycles. The maximum absolute atomic E-state index is 12.1. The van der Waals surface area contributed by atoms with Crippen molar-refractivity contribution in [2.24, 2.45) is 10.8 Å². The molecule has 14 heavy (non-hydrogen) atoms. The number of alkyl halides is 1. The predicted molar refractivity (Wildman–Crippen MR) is 57.0 cm³/mol. The molecular weight excluding hydrogens is 242 g/mol. The van der Waals surface area contributed by atoms with Crippen LogP contribution in [0.4, 0.5) is 0 Å². The molecule has 2 fully saturated rings. The van der Waals surface area contributed by atoms with Crippen LogP contribution in [0.2, 0.25) is 0 Å². The van der Waals surface area contributed by atoms with Crippen molar-refractivity contribution in [2.75, 3.05) is 0 Å². The molecular formula is C11H14BrNO. The molecule has 2 rings (SSSR count). The highest BCUT2D eigenvalue weighted by Gasteiger charge is 2.68. The largest absolute Gasteiger partial charge is 0.297 e. The minimum absolute atomic E-state index is 0.0671. The van der Waals surface area contributed by atoms with Crippen LogP contribution < -0.4 is 0 Å². The van der Waals surface area contributed by atoms with E-state index in [4.69, 9.17) is 5.26 Å². The lowest BCUT2D eigenvalue weighted by Gasteiger charge is -2.39. The summed E-state index contributed by atoms with van der Waals surface area (Å²) in [5, 5.41) is 8.87. The summed E-state index contributed by atoms with van der Waals surface area (Å²) in [7, 11) is 0. The average Bonchev–Trinajstić information content (AvgIpc) is 2.50. The minimum Gasteiger partial charge on any atom is -0.297 e. The first kappa shape index (κ1) is 10.2. The summed E-state index contributed by atoms with van der Waals surface area (Å²) in [6.45, 7) is 3.99. The van der Waals surface area contributed by atoms with Gasteiger partial charge in [0.05, 0.1) is 10.4 Å². The molecule has 2 bridgehead atoms. The van der Waals surface area contributed by atoms with Crippen LogP contribution in [-0.2, 0) is 4.79 Å². The molecule has 0 aromatic heterocycles. The van der Waals surface area contributed by atoms with E-state index in [1.54, 1.807) is 0 Å². The third-order valence-electron chi connectivity index (χ3n) is 4.34. The first-order chi connectivity index (χ1) is 6.38. The van der Waals surface area contributed by atoms with Gasteiger partial charge in [-0.3, -0.25) is 4.79 Å². The normalized spacial score (nSPS) is 44.0. The highest BCUT2D eigenvalue weighted by molar-refractivity contribution is 9.10. The van der Waals surface area contributed by atoms with Crippen LogP contribution in [0.15, 0.2) is 0 Å². The second-order valence-corrected chi connectivity index (χ2v) is 6.73. The average molecular weight is 256 g/mol. The topological polar surface area (TPSA) is 40.9 Å². The molecule has 2 unspecified atom stereocenters. The Morgan fingerprint density at radius 1 is 1.50 bits per heavy atom. The number of fused-ring (bicyclic) bond motifs is 2. The molecule has 0 spiro atoms. The molecule has 0 aliphatic heterocycles. The van der Waals surface area contributed by atoms with Crippen LogP contribution in [0.25, 0.3) is 0 Å². The Bertz CT molecular complexity index is 344. The quantitative estimate of drug-likeness (QED) is 0.677. The molecule has 2 aliphatic carbocycles. The standard InChI is InChI=1S/C11H14BrNO/c1-9(2)8(14)11(12)4-3-10(9,7-11)5-6-13/h3-5,7H2,1-2H3. The van der Waals surface area contributed by atoms with Crippen LogP contribution in [-0.4, -0.2) is 10.1 Å². The number of hydrogen-bond donors (Lipinski definition) is 0. The van der Waals surface area contributed by atoms with Crippen LogP contribution in [0.5, 0.6) is 0 Å². The lowest BCUT2D eigenvalue weighted by atomic mass is 9.63. The van der Waals surface area contributed by atoms with Gasteiger partial charge in [0, 0.05) is 11.8 Å². The van der Waals surface area contributed by atoms with Gasteiger partial charge in [-0.25, -0.2) is 0 Å². The maximum Gasteiger partial charge on any atom is 0.155 e. The third kappa shape index (κ3) is 0.930. The molecule has 0 amide bonds. The Kier molecular flexibility index (Phi) is 1.89. The van der Waals surface area contributed by atoms with E-state index < -0.39 is 0 Å². The Balaban J connectivity index is 2.47. The van der Waals surface area contributed by atoms with Gasteiger partial charge in [0.2, 0.25) is 0 Å². The fraction of sp³-hybridized carbons (Fsp3) is 0.818. The monoisotopic (exact) mass is 255 g/mol. The van der Waals surface area contributed by atoms with Crippen molar-refractivity contribution in [1.29, 1.82) is 5.26 Å². The first-order valence-corrected chi connectivity index (χ1v) is 5.78. The van der Waals surface area contributed by atoms with E-state index in [2.05, 4.69) is 22.0 Å². The highest BCUT2D eigenvalue weighted by atomic mass is 79.9. The van der Waals surface area contributed by atoms with Gasteiger partial charge in [-0.2, -0.15) is 5.26 Å². The lowest BCUT2D eigenvalue weighted by molar-refractivity contribution is -0.131. The molecule has 0 N–H and O–H groups in total. The molecule has 2 aliphatic rings. The summed E-state index contributed by atoms with van der Waals surface area (Å²) in [5.74, 6) is 0.298. The second-order valence-electron chi connectivity index (χ2n) is 5.21. The number of halogens is 1. The van der Waals surface area contributed by atoms with Gasteiger partial charge >= 0.3 is 0 Å². The molecule has 2 nitrogen and oxygen atoms in total. The highest BCUT2D eigenvalue weighted by Crippen LogP contribution is 2.67. The smallest absolute Gasteiger partial charge is 0.155 e. The maximum atomic E-state index is 12.1. The van der Waals surface area contributed by atoms with Gasteiger partial charge in [0.1, 0.15) is 0 Å². The number of nitrogens with zero attached hydrogens (tertiary/aromatic N) is 1. The number of Topliss-reactive ketones (excluding diaryl/α,β-unsaturated/α-hetero) is 1. The van der Waals surface area contributed by atoms with E-state index in [1.165, 1.54) is 0 Å². The van der Waals surface area contributed by atoms with E-state index in [0.29, 0.717) is 12.2 Å². The molecule has 76 valence electrons. The van der Waals surface area contributed by atoms with Crippen molar-refractivity contribution < 1.29 is 4.79 Å². The van der Waals surface area contributed by atoms with Gasteiger partial charge in [0.25, 0.3) is 0 Å². The van der Waals surface area contributed by atoms with Gasteiger partial charge in [0.15, 0.2) is 5.78 Å². The van der Waals surface area contributed by atoms with Gasteiger partial charge in [-0.05, 0) is 24.7 Å². The molecule has 0 aromatic rings. The van der Waals surface area contributed by atoms with E-state index in [-0.39, 0.29) is 15.2 Å². The van der Waals surface area contributed by atoms with Crippen molar-refractivity contribution in [3.8, 4) is 6.07 Å². The third-order valence-corrected chi connectivity index (χ3v) is 5.37. The van der Waals surface area contributed by atoms with Crippen molar-refractivity contribution in [3.63, 3.8) is 0 Å². The van der Waals surface area contributed by atoms with E-state index in [0.717, 1.165) is 19.3 Å². The van der Waals surface area contributed by atoms with Crippen LogP contribution in [0.3, 0.4) is 0 Å². The van der Waals surface area contributed by atoms with E-state index in [9.17, 15) is 4.79 Å². The second kappa shape index (κ2) is 2.61. The summed E-state index contributed by atoms with van der Waals surface area (Å²) < 4.78 is -0.312. The van der Waals surface area contributed by atoms with Crippen molar-refractivity contribution in [3.05, 3.63) is 0 Å². The first-order valence-electron chi connectivity index (χ1n) is 4.99. The number of hydrogen-bond acceptors (Lipinski definition) is 2. The summed E-state index contributed by atoms with van der Waals surface area (Å²) >= 11 is 3.57. The molecule has 2 saturated carbocycles.